The van der Waals surface area contributed by atoms with Crippen molar-refractivity contribution in [1.29, 1.82) is 0 Å². The molecule has 0 atom stereocenters. The van der Waals surface area contributed by atoms with E-state index >= 15 is 0 Å². The van der Waals surface area contributed by atoms with Gasteiger partial charge in [0.1, 0.15) is 0 Å². The molecule has 0 unspecified atom stereocenters. The maximum Gasteiger partial charge on any atom is 0.186 e. The molecule has 0 radical (unpaired) electrons. The van der Waals surface area contributed by atoms with Gasteiger partial charge in [-0.1, -0.05) is 17.4 Å². The molecule has 1 aliphatic rings. The number of anilines is 1. The van der Waals surface area contributed by atoms with Crippen molar-refractivity contribution in [3.63, 3.8) is 0 Å². The van der Waals surface area contributed by atoms with Crippen molar-refractivity contribution < 1.29 is 0 Å². The summed E-state index contributed by atoms with van der Waals surface area (Å²) in [5.41, 5.74) is 8.34. The summed E-state index contributed by atoms with van der Waals surface area (Å²) in [7, 11) is 0. The zero-order valence-electron chi connectivity index (χ0n) is 10.0. The summed E-state index contributed by atoms with van der Waals surface area (Å²) < 4.78 is 1.29. The summed E-state index contributed by atoms with van der Waals surface area (Å²) in [6.45, 7) is 4.21. The standard InChI is InChI=1S/C13H17N3S/c1-9-2-3-11-12(8-9)17-13(15-11)16-6-4-10(14)5-7-16/h2-3,8,10H,4-7,14H2,1H3. The van der Waals surface area contributed by atoms with Crippen molar-refractivity contribution in [1.82, 2.24) is 4.98 Å². The van der Waals surface area contributed by atoms with Crippen LogP contribution in [-0.4, -0.2) is 24.1 Å². The number of aryl methyl sites for hydroxylation is 1. The fraction of sp³-hybridized carbons (Fsp3) is 0.462. The van der Waals surface area contributed by atoms with Gasteiger partial charge in [-0.3, -0.25) is 0 Å². The van der Waals surface area contributed by atoms with Crippen molar-refractivity contribution in [3.05, 3.63) is 23.8 Å². The number of rotatable bonds is 1. The molecule has 90 valence electrons. The highest BCUT2D eigenvalue weighted by Gasteiger charge is 2.18. The second-order valence-corrected chi connectivity index (χ2v) is 5.80. The van der Waals surface area contributed by atoms with Gasteiger partial charge < -0.3 is 10.6 Å². The number of piperidine rings is 1. The minimum absolute atomic E-state index is 0.378. The van der Waals surface area contributed by atoms with Crippen molar-refractivity contribution in [2.24, 2.45) is 5.73 Å². The van der Waals surface area contributed by atoms with Crippen molar-refractivity contribution in [3.8, 4) is 0 Å². The van der Waals surface area contributed by atoms with E-state index in [0.717, 1.165) is 36.6 Å². The zero-order valence-corrected chi connectivity index (χ0v) is 10.8. The lowest BCUT2D eigenvalue weighted by Gasteiger charge is -2.29. The Morgan fingerprint density at radius 1 is 1.35 bits per heavy atom. The molecule has 1 saturated heterocycles. The van der Waals surface area contributed by atoms with Crippen LogP contribution in [0.5, 0.6) is 0 Å². The van der Waals surface area contributed by atoms with E-state index in [0.29, 0.717) is 6.04 Å². The van der Waals surface area contributed by atoms with Crippen LogP contribution >= 0.6 is 11.3 Å². The molecular formula is C13H17N3S. The maximum atomic E-state index is 5.93. The summed E-state index contributed by atoms with van der Waals surface area (Å²) in [6, 6.07) is 6.83. The largest absolute Gasteiger partial charge is 0.348 e. The van der Waals surface area contributed by atoms with Crippen LogP contribution in [-0.2, 0) is 0 Å². The number of hydrogen-bond acceptors (Lipinski definition) is 4. The molecule has 2 heterocycles. The van der Waals surface area contributed by atoms with Gasteiger partial charge in [-0.25, -0.2) is 4.98 Å². The fourth-order valence-electron chi connectivity index (χ4n) is 2.25. The number of thiazole rings is 1. The second kappa shape index (κ2) is 4.27. The molecule has 4 heteroatoms. The highest BCUT2D eigenvalue weighted by Crippen LogP contribution is 2.30. The average molecular weight is 247 g/mol. The zero-order chi connectivity index (χ0) is 11.8. The van der Waals surface area contributed by atoms with E-state index in [2.05, 4.69) is 30.0 Å². The molecule has 0 bridgehead atoms. The van der Waals surface area contributed by atoms with Crippen LogP contribution in [0.25, 0.3) is 10.2 Å². The Balaban J connectivity index is 1.90. The summed E-state index contributed by atoms with van der Waals surface area (Å²) in [6.07, 6.45) is 2.16. The van der Waals surface area contributed by atoms with Crippen molar-refractivity contribution in [2.75, 3.05) is 18.0 Å². The van der Waals surface area contributed by atoms with E-state index in [1.807, 2.05) is 0 Å². The lowest BCUT2D eigenvalue weighted by atomic mass is 10.1. The molecule has 2 aromatic rings. The van der Waals surface area contributed by atoms with E-state index < -0.39 is 0 Å². The lowest BCUT2D eigenvalue weighted by Crippen LogP contribution is -2.39. The third kappa shape index (κ3) is 2.15. The minimum atomic E-state index is 0.378. The predicted octanol–water partition coefficient (Wildman–Crippen LogP) is 2.53. The Hall–Kier alpha value is -1.13. The third-order valence-electron chi connectivity index (χ3n) is 3.34. The Kier molecular flexibility index (Phi) is 2.76. The number of aromatic nitrogens is 1. The lowest BCUT2D eigenvalue weighted by molar-refractivity contribution is 0.501. The van der Waals surface area contributed by atoms with Crippen molar-refractivity contribution in [2.45, 2.75) is 25.8 Å². The molecule has 17 heavy (non-hydrogen) atoms. The van der Waals surface area contributed by atoms with Gasteiger partial charge in [0.2, 0.25) is 0 Å². The topological polar surface area (TPSA) is 42.2 Å². The van der Waals surface area contributed by atoms with Crippen LogP contribution in [0.1, 0.15) is 18.4 Å². The van der Waals surface area contributed by atoms with Crippen LogP contribution in [0.2, 0.25) is 0 Å². The first-order valence-electron chi connectivity index (χ1n) is 6.10. The number of hydrogen-bond donors (Lipinski definition) is 1. The van der Waals surface area contributed by atoms with Gasteiger partial charge >= 0.3 is 0 Å². The molecule has 2 N–H and O–H groups in total. The molecule has 3 nitrogen and oxygen atoms in total. The smallest absolute Gasteiger partial charge is 0.186 e. The number of benzene rings is 1. The van der Waals surface area contributed by atoms with Crippen LogP contribution in [0.15, 0.2) is 18.2 Å². The Morgan fingerprint density at radius 3 is 2.88 bits per heavy atom. The van der Waals surface area contributed by atoms with Gasteiger partial charge in [-0.2, -0.15) is 0 Å². The molecular weight excluding hydrogens is 230 g/mol. The Labute approximate surface area is 105 Å². The summed E-state index contributed by atoms with van der Waals surface area (Å²) in [4.78, 5) is 7.07. The van der Waals surface area contributed by atoms with Gasteiger partial charge in [-0.15, -0.1) is 0 Å². The van der Waals surface area contributed by atoms with Gasteiger partial charge in [0.25, 0.3) is 0 Å². The Bertz CT molecular complexity index is 526. The molecule has 0 saturated carbocycles. The molecule has 1 fully saturated rings. The number of fused-ring (bicyclic) bond motifs is 1. The first-order chi connectivity index (χ1) is 8.22. The molecule has 1 aromatic carbocycles. The SMILES string of the molecule is Cc1ccc2nc(N3CCC(N)CC3)sc2c1. The van der Waals surface area contributed by atoms with Crippen LogP contribution < -0.4 is 10.6 Å². The van der Waals surface area contributed by atoms with Gasteiger partial charge in [-0.05, 0) is 37.5 Å². The summed E-state index contributed by atoms with van der Waals surface area (Å²) in [5, 5.41) is 1.15. The van der Waals surface area contributed by atoms with E-state index in [-0.39, 0.29) is 0 Å². The second-order valence-electron chi connectivity index (χ2n) is 4.79. The first kappa shape index (κ1) is 11.0. The highest BCUT2D eigenvalue weighted by atomic mass is 32.1. The normalized spacial score (nSPS) is 17.9. The maximum absolute atomic E-state index is 5.93. The molecule has 0 aliphatic carbocycles. The van der Waals surface area contributed by atoms with Crippen molar-refractivity contribution >= 4 is 26.7 Å². The van der Waals surface area contributed by atoms with Gasteiger partial charge in [0.15, 0.2) is 5.13 Å². The molecule has 0 amide bonds. The summed E-state index contributed by atoms with van der Waals surface area (Å²) >= 11 is 1.79. The predicted molar refractivity (Wildman–Crippen MR) is 73.8 cm³/mol. The van der Waals surface area contributed by atoms with Gasteiger partial charge in [0.05, 0.1) is 10.2 Å². The van der Waals surface area contributed by atoms with Crippen LogP contribution in [0.3, 0.4) is 0 Å². The first-order valence-corrected chi connectivity index (χ1v) is 6.92. The monoisotopic (exact) mass is 247 g/mol. The fourth-order valence-corrected chi connectivity index (χ4v) is 3.36. The molecule has 0 spiro atoms. The van der Waals surface area contributed by atoms with Crippen LogP contribution in [0.4, 0.5) is 5.13 Å². The van der Waals surface area contributed by atoms with Gasteiger partial charge in [0, 0.05) is 19.1 Å². The van der Waals surface area contributed by atoms with E-state index in [1.165, 1.54) is 10.3 Å². The summed E-state index contributed by atoms with van der Waals surface area (Å²) in [5.74, 6) is 0. The average Bonchev–Trinajstić information content (AvgIpc) is 2.72. The quantitative estimate of drug-likeness (QED) is 0.842. The van der Waals surface area contributed by atoms with Crippen LogP contribution in [0, 0.1) is 6.92 Å². The van der Waals surface area contributed by atoms with E-state index in [9.17, 15) is 0 Å². The molecule has 3 rings (SSSR count). The molecule has 1 aliphatic heterocycles. The number of nitrogens with two attached hydrogens (primary N) is 1. The molecule has 1 aromatic heterocycles. The number of nitrogens with zero attached hydrogens (tertiary/aromatic N) is 2. The van der Waals surface area contributed by atoms with E-state index in [1.54, 1.807) is 11.3 Å². The minimum Gasteiger partial charge on any atom is -0.348 e. The highest BCUT2D eigenvalue weighted by molar-refractivity contribution is 7.22. The third-order valence-corrected chi connectivity index (χ3v) is 4.42. The Morgan fingerprint density at radius 2 is 2.12 bits per heavy atom. The van der Waals surface area contributed by atoms with E-state index in [4.69, 9.17) is 10.7 Å².